The number of hydrogen-bond acceptors (Lipinski definition) is 8. The van der Waals surface area contributed by atoms with Gasteiger partial charge in [0.1, 0.15) is 5.75 Å². The summed E-state index contributed by atoms with van der Waals surface area (Å²) in [5.41, 5.74) is 1.41. The Morgan fingerprint density at radius 3 is 2.45 bits per heavy atom. The van der Waals surface area contributed by atoms with Gasteiger partial charge in [-0.1, -0.05) is 11.6 Å². The number of urea groups is 1. The molecule has 3 aromatic rings. The summed E-state index contributed by atoms with van der Waals surface area (Å²) in [4.78, 5) is 50.8. The first-order valence-corrected chi connectivity index (χ1v) is 16.4. The number of phenols is 1. The van der Waals surface area contributed by atoms with Gasteiger partial charge < -0.3 is 34.8 Å². The van der Waals surface area contributed by atoms with Crippen molar-refractivity contribution >= 4 is 52.3 Å². The number of piperidine rings is 1. The Labute approximate surface area is 277 Å². The van der Waals surface area contributed by atoms with Gasteiger partial charge in [0.25, 0.3) is 5.91 Å². The molecule has 16 heteroatoms. The van der Waals surface area contributed by atoms with Crippen LogP contribution in [0.3, 0.4) is 0 Å². The number of benzene rings is 1. The number of pyridine rings is 1. The summed E-state index contributed by atoms with van der Waals surface area (Å²) in [6.07, 6.45) is -3.19. The number of anilines is 2. The van der Waals surface area contributed by atoms with E-state index >= 15 is 0 Å². The molecular formula is C31H32ClF3N6O5S. The van der Waals surface area contributed by atoms with Crippen LogP contribution in [-0.2, 0) is 28.7 Å². The van der Waals surface area contributed by atoms with E-state index in [0.717, 1.165) is 23.0 Å². The zero-order valence-electron chi connectivity index (χ0n) is 25.1. The maximum atomic E-state index is 13.8. The Hall–Kier alpha value is -4.24. The van der Waals surface area contributed by atoms with Gasteiger partial charge in [0.05, 0.1) is 22.8 Å². The number of alkyl halides is 3. The van der Waals surface area contributed by atoms with E-state index in [4.69, 9.17) is 16.3 Å². The van der Waals surface area contributed by atoms with Gasteiger partial charge in [0.2, 0.25) is 0 Å². The molecule has 0 aliphatic carbocycles. The molecule has 11 nitrogen and oxygen atoms in total. The van der Waals surface area contributed by atoms with Gasteiger partial charge in [-0.2, -0.15) is 13.2 Å². The number of halogens is 4. The summed E-state index contributed by atoms with van der Waals surface area (Å²) >= 11 is 7.45. The molecule has 1 atom stereocenters. The van der Waals surface area contributed by atoms with E-state index in [0.29, 0.717) is 51.6 Å². The lowest BCUT2D eigenvalue weighted by molar-refractivity contribution is -0.141. The highest BCUT2D eigenvalue weighted by Gasteiger charge is 2.38. The van der Waals surface area contributed by atoms with Gasteiger partial charge >= 0.3 is 18.3 Å². The van der Waals surface area contributed by atoms with Crippen molar-refractivity contribution in [3.05, 3.63) is 69.1 Å². The highest BCUT2D eigenvalue weighted by atomic mass is 35.5. The van der Waals surface area contributed by atoms with Crippen molar-refractivity contribution < 1.29 is 37.4 Å². The number of nitrogens with zero attached hydrogens (tertiary/aromatic N) is 5. The number of thiophene rings is 1. The number of carbonyl (C=O) groups is 3. The molecule has 2 aromatic heterocycles. The second-order valence-electron chi connectivity index (χ2n) is 11.7. The monoisotopic (exact) mass is 692 g/mol. The quantitative estimate of drug-likeness (QED) is 0.354. The number of amides is 4. The van der Waals surface area contributed by atoms with Crippen LogP contribution in [-0.4, -0.2) is 94.2 Å². The van der Waals surface area contributed by atoms with Crippen molar-refractivity contribution in [2.24, 2.45) is 0 Å². The normalized spacial score (nSPS) is 18.1. The number of hydrogen-bond donors (Lipinski definition) is 2. The molecule has 3 aliphatic rings. The Bertz CT molecular complexity index is 1630. The Kier molecular flexibility index (Phi) is 9.37. The number of piperazine rings is 1. The van der Waals surface area contributed by atoms with Crippen molar-refractivity contribution in [1.82, 2.24) is 19.7 Å². The highest BCUT2D eigenvalue weighted by Crippen LogP contribution is 2.40. The molecule has 2 saturated heterocycles. The number of nitrogens with one attached hydrogen (secondary N) is 1. The van der Waals surface area contributed by atoms with Gasteiger partial charge in [0, 0.05) is 80.8 Å². The molecular weight excluding hydrogens is 661 g/mol. The summed E-state index contributed by atoms with van der Waals surface area (Å²) in [7, 11) is 0. The number of aromatic nitrogens is 1. The summed E-state index contributed by atoms with van der Waals surface area (Å²) in [5.74, 6) is -1.66. The molecule has 0 bridgehead atoms. The minimum atomic E-state index is -4.90. The van der Waals surface area contributed by atoms with Crippen LogP contribution >= 0.6 is 22.9 Å². The first-order valence-electron chi connectivity index (χ1n) is 15.1. The predicted octanol–water partition coefficient (Wildman–Crippen LogP) is 5.43. The SMILES string of the molecule is O=C(O[C@H](Cc1cc(Cl)c(O)c(C(F)(F)F)c1)C(=O)N1CCN(c2ccncc2)CC1)N1CCC(N2Cc3cscc3NC2=O)CC1. The lowest BCUT2D eigenvalue weighted by atomic mass is 10.0. The zero-order chi connectivity index (χ0) is 33.3. The van der Waals surface area contributed by atoms with Crippen LogP contribution in [0.2, 0.25) is 5.02 Å². The minimum absolute atomic E-state index is 0.0238. The second kappa shape index (κ2) is 13.5. The van der Waals surface area contributed by atoms with Crippen LogP contribution in [0.25, 0.3) is 0 Å². The molecule has 47 heavy (non-hydrogen) atoms. The predicted molar refractivity (Wildman–Crippen MR) is 169 cm³/mol. The Morgan fingerprint density at radius 1 is 1.06 bits per heavy atom. The number of fused-ring (bicyclic) bond motifs is 1. The Balaban J connectivity index is 1.15. The Morgan fingerprint density at radius 2 is 1.77 bits per heavy atom. The number of aromatic hydroxyl groups is 1. The summed E-state index contributed by atoms with van der Waals surface area (Å²) in [6.45, 7) is 2.58. The molecule has 250 valence electrons. The average Bonchev–Trinajstić information content (AvgIpc) is 3.52. The number of phenolic OH excluding ortho intramolecular Hbond substituents is 1. The largest absolute Gasteiger partial charge is 0.506 e. The van der Waals surface area contributed by atoms with Crippen LogP contribution in [0.5, 0.6) is 5.75 Å². The second-order valence-corrected chi connectivity index (χ2v) is 12.8. The number of likely N-dealkylation sites (tertiary alicyclic amines) is 1. The third kappa shape index (κ3) is 7.20. The zero-order valence-corrected chi connectivity index (χ0v) is 26.7. The fraction of sp³-hybridized carbons (Fsp3) is 0.419. The van der Waals surface area contributed by atoms with Crippen LogP contribution in [0.15, 0.2) is 47.4 Å². The summed E-state index contributed by atoms with van der Waals surface area (Å²) < 4.78 is 46.7. The number of ether oxygens (including phenoxy) is 1. The van der Waals surface area contributed by atoms with Gasteiger partial charge in [-0.05, 0) is 48.1 Å². The fourth-order valence-electron chi connectivity index (χ4n) is 6.18. The van der Waals surface area contributed by atoms with Crippen LogP contribution < -0.4 is 10.2 Å². The van der Waals surface area contributed by atoms with Gasteiger partial charge in [-0.15, -0.1) is 11.3 Å². The van der Waals surface area contributed by atoms with Crippen molar-refractivity contribution in [3.8, 4) is 5.75 Å². The molecule has 0 saturated carbocycles. The van der Waals surface area contributed by atoms with Crippen LogP contribution in [0.1, 0.15) is 29.5 Å². The van der Waals surface area contributed by atoms with Gasteiger partial charge in [-0.3, -0.25) is 9.78 Å². The molecule has 0 unspecified atom stereocenters. The fourth-order valence-corrected chi connectivity index (χ4v) is 7.20. The molecule has 3 aliphatic heterocycles. The topological polar surface area (TPSA) is 119 Å². The van der Waals surface area contributed by atoms with Crippen molar-refractivity contribution in [3.63, 3.8) is 0 Å². The van der Waals surface area contributed by atoms with E-state index < -0.39 is 40.6 Å². The molecule has 2 fully saturated rings. The summed E-state index contributed by atoms with van der Waals surface area (Å²) in [6, 6.07) is 5.25. The highest BCUT2D eigenvalue weighted by molar-refractivity contribution is 7.08. The smallest absolute Gasteiger partial charge is 0.420 e. The molecule has 5 heterocycles. The van der Waals surface area contributed by atoms with E-state index in [1.54, 1.807) is 17.3 Å². The third-order valence-electron chi connectivity index (χ3n) is 8.74. The average molecular weight is 693 g/mol. The molecule has 6 rings (SSSR count). The van der Waals surface area contributed by atoms with Gasteiger partial charge in [0.15, 0.2) is 6.10 Å². The molecule has 0 spiro atoms. The standard InChI is InChI=1S/C31H32ClF3N6O5S/c32-24-14-19(13-23(27(24)42)31(33,34)35)15-26(28(43)39-11-9-38(10-12-39)21-1-5-36-6-2-21)46-30(45)40-7-3-22(4-8-40)41-16-20-17-47-18-25(20)37-29(41)44/h1-2,5-6,13-14,17-18,22,26,42H,3-4,7-12,15-16H2,(H,37,44)/t26-/m1/s1. The molecule has 0 radical (unpaired) electrons. The molecule has 2 N–H and O–H groups in total. The van der Waals surface area contributed by atoms with E-state index in [9.17, 15) is 32.7 Å². The molecule has 1 aromatic carbocycles. The summed E-state index contributed by atoms with van der Waals surface area (Å²) in [5, 5.41) is 16.2. The maximum absolute atomic E-state index is 13.8. The van der Waals surface area contributed by atoms with Crippen molar-refractivity contribution in [1.29, 1.82) is 0 Å². The molecule has 4 amide bonds. The van der Waals surface area contributed by atoms with Crippen LogP contribution in [0.4, 0.5) is 34.1 Å². The first-order chi connectivity index (χ1) is 22.5. The first kappa shape index (κ1) is 32.7. The van der Waals surface area contributed by atoms with E-state index in [2.05, 4.69) is 15.2 Å². The van der Waals surface area contributed by atoms with E-state index in [1.807, 2.05) is 22.9 Å². The number of carbonyl (C=O) groups excluding carboxylic acids is 3. The third-order valence-corrected chi connectivity index (χ3v) is 9.82. The maximum Gasteiger partial charge on any atom is 0.420 e. The van der Waals surface area contributed by atoms with E-state index in [1.165, 1.54) is 21.1 Å². The van der Waals surface area contributed by atoms with Crippen LogP contribution in [0, 0.1) is 0 Å². The number of rotatable bonds is 6. The van der Waals surface area contributed by atoms with Crippen molar-refractivity contribution in [2.45, 2.75) is 44.1 Å². The lowest BCUT2D eigenvalue weighted by Gasteiger charge is -2.40. The van der Waals surface area contributed by atoms with E-state index in [-0.39, 0.29) is 37.1 Å². The van der Waals surface area contributed by atoms with Crippen molar-refractivity contribution in [2.75, 3.05) is 49.5 Å². The minimum Gasteiger partial charge on any atom is -0.506 e. The lowest BCUT2D eigenvalue weighted by Crippen LogP contribution is -2.54. The van der Waals surface area contributed by atoms with Gasteiger partial charge in [-0.25, -0.2) is 9.59 Å².